The topological polar surface area (TPSA) is 66.4 Å². The van der Waals surface area contributed by atoms with Crippen LogP contribution in [0, 0.1) is 0 Å². The summed E-state index contributed by atoms with van der Waals surface area (Å²) in [6, 6.07) is 17.0. The Bertz CT molecular complexity index is 778. The van der Waals surface area contributed by atoms with Crippen LogP contribution in [0.25, 0.3) is 0 Å². The van der Waals surface area contributed by atoms with Gasteiger partial charge in [0.15, 0.2) is 0 Å². The Morgan fingerprint density at radius 2 is 1.84 bits per heavy atom. The van der Waals surface area contributed by atoms with Crippen LogP contribution in [-0.2, 0) is 21.4 Å². The van der Waals surface area contributed by atoms with Crippen molar-refractivity contribution >= 4 is 23.6 Å². The number of hydrogen-bond acceptors (Lipinski definition) is 3. The number of amides is 1. The number of aryl methyl sites for hydroxylation is 1. The first-order chi connectivity index (χ1) is 12.0. The second-order valence-corrected chi connectivity index (χ2v) is 7.63. The van der Waals surface area contributed by atoms with Gasteiger partial charge in [0.2, 0.25) is 5.91 Å². The summed E-state index contributed by atoms with van der Waals surface area (Å²) in [5, 5.41) is 12.3. The zero-order chi connectivity index (χ0) is 17.9. The molecule has 2 atom stereocenters. The van der Waals surface area contributed by atoms with Crippen LogP contribution < -0.4 is 5.32 Å². The zero-order valence-corrected chi connectivity index (χ0v) is 14.9. The number of aliphatic carboxylic acids is 1. The van der Waals surface area contributed by atoms with Crippen molar-refractivity contribution < 1.29 is 14.7 Å². The molecule has 4 nitrogen and oxygen atoms in total. The van der Waals surface area contributed by atoms with Crippen LogP contribution in [-0.4, -0.2) is 29.3 Å². The van der Waals surface area contributed by atoms with Crippen molar-refractivity contribution in [3.8, 4) is 0 Å². The van der Waals surface area contributed by atoms with Crippen LogP contribution >= 0.6 is 11.8 Å². The van der Waals surface area contributed by atoms with Gasteiger partial charge in [0.1, 0.15) is 10.7 Å². The Labute approximate surface area is 151 Å². The van der Waals surface area contributed by atoms with Gasteiger partial charge < -0.3 is 10.4 Å². The van der Waals surface area contributed by atoms with Gasteiger partial charge in [-0.1, -0.05) is 54.6 Å². The van der Waals surface area contributed by atoms with Crippen molar-refractivity contribution in [2.45, 2.75) is 24.0 Å². The third-order valence-electron chi connectivity index (χ3n) is 4.73. The minimum atomic E-state index is -1.16. The lowest BCUT2D eigenvalue weighted by Crippen LogP contribution is -2.45. The summed E-state index contributed by atoms with van der Waals surface area (Å²) in [4.78, 5) is 24.6. The Morgan fingerprint density at radius 3 is 2.56 bits per heavy atom. The van der Waals surface area contributed by atoms with Gasteiger partial charge in [-0.3, -0.25) is 9.59 Å². The molecule has 2 aromatic rings. The highest BCUT2D eigenvalue weighted by Gasteiger charge is 2.37. The average molecular weight is 355 g/mol. The van der Waals surface area contributed by atoms with E-state index in [9.17, 15) is 14.7 Å². The fourth-order valence-electron chi connectivity index (χ4n) is 3.07. The van der Waals surface area contributed by atoms with Crippen molar-refractivity contribution in [3.63, 3.8) is 0 Å². The molecule has 0 saturated heterocycles. The molecular weight excluding hydrogens is 334 g/mol. The van der Waals surface area contributed by atoms with Crippen LogP contribution in [0.3, 0.4) is 0 Å². The Balaban J connectivity index is 1.76. The highest BCUT2D eigenvalue weighted by molar-refractivity contribution is 8.00. The van der Waals surface area contributed by atoms with Crippen LogP contribution in [0.1, 0.15) is 28.9 Å². The molecule has 2 aromatic carbocycles. The van der Waals surface area contributed by atoms with Crippen LogP contribution in [0.5, 0.6) is 0 Å². The third-order valence-corrected chi connectivity index (χ3v) is 5.97. The second kappa shape index (κ2) is 7.31. The number of carboxylic acid groups (broad SMARTS) is 1. The molecule has 1 aliphatic heterocycles. The van der Waals surface area contributed by atoms with Crippen LogP contribution in [0.15, 0.2) is 54.6 Å². The van der Waals surface area contributed by atoms with Gasteiger partial charge >= 0.3 is 5.97 Å². The minimum absolute atomic E-state index is 0.0599. The summed E-state index contributed by atoms with van der Waals surface area (Å²) >= 11 is 1.61. The van der Waals surface area contributed by atoms with E-state index < -0.39 is 11.4 Å². The molecule has 0 radical (unpaired) electrons. The van der Waals surface area contributed by atoms with Gasteiger partial charge in [0.25, 0.3) is 0 Å². The molecule has 0 aliphatic carbocycles. The quantitative estimate of drug-likeness (QED) is 0.864. The van der Waals surface area contributed by atoms with E-state index in [-0.39, 0.29) is 17.7 Å². The number of hydrogen-bond donors (Lipinski definition) is 2. The van der Waals surface area contributed by atoms with E-state index in [0.29, 0.717) is 5.56 Å². The Morgan fingerprint density at radius 1 is 1.16 bits per heavy atom. The van der Waals surface area contributed by atoms with E-state index in [1.807, 2.05) is 36.4 Å². The number of rotatable bonds is 5. The van der Waals surface area contributed by atoms with E-state index in [1.165, 1.54) is 5.56 Å². The number of carbonyl (C=O) groups excluding carboxylic acids is 1. The lowest BCUT2D eigenvalue weighted by molar-refractivity contribution is -0.143. The van der Waals surface area contributed by atoms with Crippen molar-refractivity contribution in [2.24, 2.45) is 0 Å². The molecule has 5 heteroatoms. The summed E-state index contributed by atoms with van der Waals surface area (Å²) in [5.74, 6) is -0.180. The van der Waals surface area contributed by atoms with Crippen LogP contribution in [0.4, 0.5) is 0 Å². The van der Waals surface area contributed by atoms with Gasteiger partial charge in [-0.05, 0) is 35.8 Å². The first-order valence-corrected chi connectivity index (χ1v) is 9.33. The molecule has 1 aliphatic rings. The number of thioether (sulfide) groups is 1. The number of carbonyl (C=O) groups is 2. The van der Waals surface area contributed by atoms with E-state index in [2.05, 4.69) is 11.4 Å². The van der Waals surface area contributed by atoms with Crippen molar-refractivity contribution in [2.75, 3.05) is 12.3 Å². The number of carboxylic acids is 1. The van der Waals surface area contributed by atoms with E-state index in [4.69, 9.17) is 0 Å². The molecule has 0 saturated carbocycles. The smallest absolute Gasteiger partial charge is 0.315 e. The van der Waals surface area contributed by atoms with Crippen molar-refractivity contribution in [1.82, 2.24) is 5.32 Å². The molecule has 25 heavy (non-hydrogen) atoms. The largest absolute Gasteiger partial charge is 0.481 e. The first-order valence-electron chi connectivity index (χ1n) is 8.28. The molecule has 0 bridgehead atoms. The SMILES string of the molecule is CC(CNC(=O)C1SCCc2ccccc21)(C(=O)O)c1ccccc1. The normalized spacial score (nSPS) is 18.7. The Hall–Kier alpha value is -2.27. The molecule has 130 valence electrons. The van der Waals surface area contributed by atoms with Gasteiger partial charge in [0.05, 0.1) is 0 Å². The fraction of sp³-hybridized carbons (Fsp3) is 0.300. The molecular formula is C20H21NO3S. The summed E-state index contributed by atoms with van der Waals surface area (Å²) in [5.41, 5.74) is 1.76. The minimum Gasteiger partial charge on any atom is -0.481 e. The molecule has 1 heterocycles. The van der Waals surface area contributed by atoms with E-state index in [1.54, 1.807) is 30.8 Å². The van der Waals surface area contributed by atoms with E-state index in [0.717, 1.165) is 17.7 Å². The average Bonchev–Trinajstić information content (AvgIpc) is 2.66. The molecule has 1 amide bonds. The fourth-order valence-corrected chi connectivity index (χ4v) is 4.29. The standard InChI is InChI=1S/C20H21NO3S/c1-20(19(23)24,15-8-3-2-4-9-15)13-21-18(22)17-16-10-6-5-7-14(16)11-12-25-17/h2-10,17H,11-13H2,1H3,(H,21,22)(H,23,24). The number of fused-ring (bicyclic) bond motifs is 1. The molecule has 2 N–H and O–H groups in total. The van der Waals surface area contributed by atoms with Gasteiger partial charge in [-0.2, -0.15) is 0 Å². The zero-order valence-electron chi connectivity index (χ0n) is 14.1. The van der Waals surface area contributed by atoms with E-state index >= 15 is 0 Å². The first kappa shape index (κ1) is 17.5. The maximum absolute atomic E-state index is 12.7. The number of benzene rings is 2. The molecule has 0 spiro atoms. The van der Waals surface area contributed by atoms with Crippen molar-refractivity contribution in [3.05, 3.63) is 71.3 Å². The lowest BCUT2D eigenvalue weighted by atomic mass is 9.82. The maximum atomic E-state index is 12.7. The molecule has 3 rings (SSSR count). The highest BCUT2D eigenvalue weighted by atomic mass is 32.2. The van der Waals surface area contributed by atoms with Crippen LogP contribution in [0.2, 0.25) is 0 Å². The predicted molar refractivity (Wildman–Crippen MR) is 99.8 cm³/mol. The monoisotopic (exact) mass is 355 g/mol. The summed E-state index contributed by atoms with van der Waals surface area (Å²) < 4.78 is 0. The van der Waals surface area contributed by atoms with Gasteiger partial charge in [-0.25, -0.2) is 0 Å². The van der Waals surface area contributed by atoms with Gasteiger partial charge in [-0.15, -0.1) is 11.8 Å². The second-order valence-electron chi connectivity index (χ2n) is 6.42. The highest BCUT2D eigenvalue weighted by Crippen LogP contribution is 2.37. The van der Waals surface area contributed by atoms with Gasteiger partial charge in [0, 0.05) is 6.54 Å². The lowest BCUT2D eigenvalue weighted by Gasteiger charge is -2.28. The number of nitrogens with one attached hydrogen (secondary N) is 1. The molecule has 0 aromatic heterocycles. The maximum Gasteiger partial charge on any atom is 0.315 e. The molecule has 2 unspecified atom stereocenters. The van der Waals surface area contributed by atoms with Crippen molar-refractivity contribution in [1.29, 1.82) is 0 Å². The summed E-state index contributed by atoms with van der Waals surface area (Å²) in [6.45, 7) is 1.71. The predicted octanol–water partition coefficient (Wildman–Crippen LogP) is 3.18. The third kappa shape index (κ3) is 3.56. The Kier molecular flexibility index (Phi) is 5.13. The molecule has 0 fully saturated rings. The summed E-state index contributed by atoms with van der Waals surface area (Å²) in [6.07, 6.45) is 0.960. The summed E-state index contributed by atoms with van der Waals surface area (Å²) in [7, 11) is 0.